The van der Waals surface area contributed by atoms with Gasteiger partial charge in [0.05, 0.1) is 0 Å². The van der Waals surface area contributed by atoms with Gasteiger partial charge in [-0.1, -0.05) is 0 Å². The summed E-state index contributed by atoms with van der Waals surface area (Å²) in [6.07, 6.45) is 3.19. The molecule has 0 aliphatic heterocycles. The minimum absolute atomic E-state index is 0.0181. The fourth-order valence-corrected chi connectivity index (χ4v) is 4.56. The SMILES string of the molecule is N#Cc1ccc([AsH]C(=O)c2cncc(-c3ccccc3)c2)c(C(=O)O)c1. The number of pyridine rings is 1. The Labute approximate surface area is 156 Å². The molecule has 1 heterocycles. The quantitative estimate of drug-likeness (QED) is 0.659. The number of nitrogens with zero attached hydrogens (tertiary/aromatic N) is 2. The molecule has 1 aromatic heterocycles. The summed E-state index contributed by atoms with van der Waals surface area (Å²) in [7, 11) is 0. The molecule has 0 radical (unpaired) electrons. The Morgan fingerprint density at radius 3 is 2.46 bits per heavy atom. The first-order valence-electron chi connectivity index (χ1n) is 7.68. The summed E-state index contributed by atoms with van der Waals surface area (Å²) in [5.41, 5.74) is 2.54. The van der Waals surface area contributed by atoms with Crippen molar-refractivity contribution >= 4 is 30.6 Å². The van der Waals surface area contributed by atoms with E-state index in [1.165, 1.54) is 18.3 Å². The van der Waals surface area contributed by atoms with Gasteiger partial charge in [-0.25, -0.2) is 0 Å². The second kappa shape index (κ2) is 7.77. The number of hydrogen-bond donors (Lipinski definition) is 1. The summed E-state index contributed by atoms with van der Waals surface area (Å²) in [5, 5.41) is 18.3. The van der Waals surface area contributed by atoms with E-state index < -0.39 is 21.7 Å². The average molecular weight is 404 g/mol. The molecule has 126 valence electrons. The summed E-state index contributed by atoms with van der Waals surface area (Å²) in [6.45, 7) is 0. The van der Waals surface area contributed by atoms with E-state index in [1.807, 2.05) is 36.4 Å². The van der Waals surface area contributed by atoms with Crippen LogP contribution in [-0.4, -0.2) is 36.4 Å². The Morgan fingerprint density at radius 1 is 1.00 bits per heavy atom. The standard InChI is InChI=1S/C20H13AsN2O3/c22-10-13-6-7-18(17(8-13)20(25)26)21-19(24)16-9-15(11-23-12-16)14-4-2-1-3-5-14/h1-9,11-12,21H,(H,25,26). The predicted octanol–water partition coefficient (Wildman–Crippen LogP) is 2.22. The topological polar surface area (TPSA) is 91.0 Å². The number of carboxylic acids is 1. The number of carbonyl (C=O) groups excluding carboxylic acids is 1. The van der Waals surface area contributed by atoms with E-state index in [1.54, 1.807) is 18.3 Å². The second-order valence-electron chi connectivity index (χ2n) is 5.46. The molecule has 0 spiro atoms. The van der Waals surface area contributed by atoms with Gasteiger partial charge in [-0.15, -0.1) is 0 Å². The van der Waals surface area contributed by atoms with E-state index in [4.69, 9.17) is 5.26 Å². The van der Waals surface area contributed by atoms with Gasteiger partial charge < -0.3 is 0 Å². The molecule has 0 fully saturated rings. The van der Waals surface area contributed by atoms with Crippen molar-refractivity contribution in [2.45, 2.75) is 0 Å². The number of carboxylic acid groups (broad SMARTS) is 1. The van der Waals surface area contributed by atoms with Gasteiger partial charge in [0, 0.05) is 0 Å². The van der Waals surface area contributed by atoms with E-state index >= 15 is 0 Å². The number of hydrogen-bond acceptors (Lipinski definition) is 4. The molecule has 3 rings (SSSR count). The van der Waals surface area contributed by atoms with Crippen LogP contribution in [0.3, 0.4) is 0 Å². The molecule has 3 aromatic rings. The van der Waals surface area contributed by atoms with E-state index in [9.17, 15) is 14.7 Å². The molecule has 26 heavy (non-hydrogen) atoms. The Hall–Kier alpha value is -3.22. The van der Waals surface area contributed by atoms with Gasteiger partial charge in [0.2, 0.25) is 0 Å². The van der Waals surface area contributed by atoms with E-state index in [-0.39, 0.29) is 15.7 Å². The minimum atomic E-state index is -1.40. The van der Waals surface area contributed by atoms with Crippen molar-refractivity contribution in [3.63, 3.8) is 0 Å². The molecular formula is C20H13AsN2O3. The van der Waals surface area contributed by atoms with Crippen LogP contribution in [0.5, 0.6) is 0 Å². The monoisotopic (exact) mass is 404 g/mol. The van der Waals surface area contributed by atoms with Gasteiger partial charge in [-0.3, -0.25) is 0 Å². The van der Waals surface area contributed by atoms with Crippen LogP contribution in [0.4, 0.5) is 0 Å². The first-order chi connectivity index (χ1) is 12.6. The molecule has 0 aliphatic rings. The molecule has 0 saturated carbocycles. The fourth-order valence-electron chi connectivity index (χ4n) is 2.45. The van der Waals surface area contributed by atoms with Crippen molar-refractivity contribution in [2.24, 2.45) is 0 Å². The fraction of sp³-hybridized carbons (Fsp3) is 0. The first-order valence-corrected chi connectivity index (χ1v) is 9.77. The molecule has 0 saturated heterocycles. The van der Waals surface area contributed by atoms with Gasteiger partial charge in [-0.2, -0.15) is 0 Å². The maximum absolute atomic E-state index is 12.7. The summed E-state index contributed by atoms with van der Waals surface area (Å²) in [6, 6.07) is 17.7. The normalized spacial score (nSPS) is 10.6. The molecule has 2 aromatic carbocycles. The van der Waals surface area contributed by atoms with Crippen LogP contribution in [0.25, 0.3) is 11.1 Å². The third kappa shape index (κ3) is 3.88. The van der Waals surface area contributed by atoms with Crippen molar-refractivity contribution in [2.75, 3.05) is 0 Å². The zero-order valence-electron chi connectivity index (χ0n) is 13.5. The molecular weight excluding hydrogens is 391 g/mol. The molecule has 5 nitrogen and oxygen atoms in total. The van der Waals surface area contributed by atoms with Crippen molar-refractivity contribution in [1.82, 2.24) is 4.98 Å². The molecule has 0 bridgehead atoms. The van der Waals surface area contributed by atoms with Crippen LogP contribution in [0, 0.1) is 11.3 Å². The van der Waals surface area contributed by atoms with E-state index in [0.29, 0.717) is 9.91 Å². The molecule has 6 heteroatoms. The van der Waals surface area contributed by atoms with Crippen LogP contribution in [0.1, 0.15) is 26.3 Å². The molecule has 1 unspecified atom stereocenters. The summed E-state index contributed by atoms with van der Waals surface area (Å²) in [4.78, 5) is 28.3. The Morgan fingerprint density at radius 2 is 1.77 bits per heavy atom. The second-order valence-corrected chi connectivity index (χ2v) is 8.07. The molecule has 0 amide bonds. The van der Waals surface area contributed by atoms with Crippen LogP contribution >= 0.6 is 0 Å². The van der Waals surface area contributed by atoms with Gasteiger partial charge >= 0.3 is 156 Å². The zero-order chi connectivity index (χ0) is 18.5. The summed E-state index contributed by atoms with van der Waals surface area (Å²) >= 11 is -1.40. The molecule has 1 N–H and O–H groups in total. The Kier molecular flexibility index (Phi) is 5.26. The van der Waals surface area contributed by atoms with Gasteiger partial charge in [0.15, 0.2) is 0 Å². The number of rotatable bonds is 5. The van der Waals surface area contributed by atoms with Crippen LogP contribution in [0.2, 0.25) is 0 Å². The number of carbonyl (C=O) groups is 2. The zero-order valence-corrected chi connectivity index (χ0v) is 15.6. The van der Waals surface area contributed by atoms with Crippen molar-refractivity contribution < 1.29 is 14.7 Å². The van der Waals surface area contributed by atoms with Crippen molar-refractivity contribution in [1.29, 1.82) is 5.26 Å². The third-order valence-corrected chi connectivity index (χ3v) is 6.30. The Bertz CT molecular complexity index is 1030. The summed E-state index contributed by atoms with van der Waals surface area (Å²) < 4.78 is 0.383. The van der Waals surface area contributed by atoms with E-state index in [0.717, 1.165) is 11.1 Å². The number of benzene rings is 2. The van der Waals surface area contributed by atoms with E-state index in [2.05, 4.69) is 4.98 Å². The first kappa shape index (κ1) is 17.6. The number of aromatic nitrogens is 1. The third-order valence-electron chi connectivity index (χ3n) is 3.73. The number of nitriles is 1. The van der Waals surface area contributed by atoms with Crippen molar-refractivity contribution in [3.8, 4) is 17.2 Å². The molecule has 1 atom stereocenters. The predicted molar refractivity (Wildman–Crippen MR) is 98.9 cm³/mol. The Balaban J connectivity index is 1.90. The van der Waals surface area contributed by atoms with Crippen LogP contribution in [-0.2, 0) is 0 Å². The average Bonchev–Trinajstić information content (AvgIpc) is 2.69. The van der Waals surface area contributed by atoms with Gasteiger partial charge in [0.1, 0.15) is 0 Å². The van der Waals surface area contributed by atoms with Crippen LogP contribution < -0.4 is 4.35 Å². The van der Waals surface area contributed by atoms with Crippen molar-refractivity contribution in [3.05, 3.63) is 83.7 Å². The van der Waals surface area contributed by atoms with Gasteiger partial charge in [0.25, 0.3) is 0 Å². The number of aromatic carboxylic acids is 1. The molecule has 0 aliphatic carbocycles. The summed E-state index contributed by atoms with van der Waals surface area (Å²) in [5.74, 6) is -1.13. The maximum atomic E-state index is 12.7. The van der Waals surface area contributed by atoms with Gasteiger partial charge in [-0.05, 0) is 0 Å². The van der Waals surface area contributed by atoms with Crippen LogP contribution in [0.15, 0.2) is 67.0 Å².